The van der Waals surface area contributed by atoms with Crippen molar-refractivity contribution in [1.29, 1.82) is 0 Å². The normalized spacial score (nSPS) is 15.2. The standard InChI is InChI=1S/C24H31BN2O4/c1-2-22(28)27(17-18-9-5-3-6-10-18)23(19-13-15-20(16-14-19)25(30)31)24(29)26-21-11-7-4-8-12-21/h3,5-6,9-10,13-16,21,23,30-31H,2,4,7-8,11-12,17H2,1H3,(H,26,29). The van der Waals surface area contributed by atoms with Crippen molar-refractivity contribution in [2.45, 2.75) is 64.1 Å². The maximum Gasteiger partial charge on any atom is 0.488 e. The molecule has 2 aromatic rings. The lowest BCUT2D eigenvalue weighted by Crippen LogP contribution is -2.46. The van der Waals surface area contributed by atoms with Gasteiger partial charge in [0.15, 0.2) is 0 Å². The first-order chi connectivity index (χ1) is 15.0. The lowest BCUT2D eigenvalue weighted by atomic mass is 9.79. The SMILES string of the molecule is CCC(=O)N(Cc1ccccc1)C(C(=O)NC1CCCCC1)c1ccc(B(O)O)cc1. The van der Waals surface area contributed by atoms with Crippen LogP contribution in [0.2, 0.25) is 0 Å². The molecule has 0 aliphatic heterocycles. The van der Waals surface area contributed by atoms with Crippen LogP contribution in [0.5, 0.6) is 0 Å². The van der Waals surface area contributed by atoms with Crippen LogP contribution in [0.15, 0.2) is 54.6 Å². The number of carbonyl (C=O) groups excluding carboxylic acids is 2. The van der Waals surface area contributed by atoms with E-state index in [0.717, 1.165) is 31.2 Å². The van der Waals surface area contributed by atoms with Gasteiger partial charge in [0.2, 0.25) is 11.8 Å². The Morgan fingerprint density at radius 3 is 2.26 bits per heavy atom. The van der Waals surface area contributed by atoms with E-state index in [2.05, 4.69) is 5.32 Å². The number of nitrogens with zero attached hydrogens (tertiary/aromatic N) is 1. The van der Waals surface area contributed by atoms with Gasteiger partial charge in [0.05, 0.1) is 0 Å². The van der Waals surface area contributed by atoms with Crippen molar-refractivity contribution in [3.05, 3.63) is 65.7 Å². The van der Waals surface area contributed by atoms with Gasteiger partial charge in [0.1, 0.15) is 6.04 Å². The molecule has 0 spiro atoms. The quantitative estimate of drug-likeness (QED) is 0.570. The smallest absolute Gasteiger partial charge is 0.423 e. The van der Waals surface area contributed by atoms with E-state index in [9.17, 15) is 19.6 Å². The fourth-order valence-electron chi connectivity index (χ4n) is 4.16. The maximum atomic E-state index is 13.5. The molecule has 6 nitrogen and oxygen atoms in total. The number of hydrogen-bond acceptors (Lipinski definition) is 4. The summed E-state index contributed by atoms with van der Waals surface area (Å²) in [5.41, 5.74) is 1.93. The second-order valence-electron chi connectivity index (χ2n) is 8.15. The summed E-state index contributed by atoms with van der Waals surface area (Å²) < 4.78 is 0. The molecular weight excluding hydrogens is 391 g/mol. The Labute approximate surface area is 184 Å². The molecule has 2 amide bonds. The van der Waals surface area contributed by atoms with E-state index >= 15 is 0 Å². The fraction of sp³-hybridized carbons (Fsp3) is 0.417. The van der Waals surface area contributed by atoms with Crippen molar-refractivity contribution >= 4 is 24.4 Å². The van der Waals surface area contributed by atoms with E-state index in [1.165, 1.54) is 6.42 Å². The first kappa shape index (κ1) is 23.0. The predicted molar refractivity (Wildman–Crippen MR) is 121 cm³/mol. The van der Waals surface area contributed by atoms with Gasteiger partial charge in [0, 0.05) is 19.0 Å². The van der Waals surface area contributed by atoms with E-state index in [1.807, 2.05) is 30.3 Å². The molecule has 3 rings (SSSR count). The summed E-state index contributed by atoms with van der Waals surface area (Å²) in [4.78, 5) is 28.1. The van der Waals surface area contributed by atoms with Gasteiger partial charge in [-0.15, -0.1) is 0 Å². The molecule has 0 radical (unpaired) electrons. The molecule has 0 saturated heterocycles. The summed E-state index contributed by atoms with van der Waals surface area (Å²) in [7, 11) is -1.58. The third-order valence-electron chi connectivity index (χ3n) is 5.88. The number of carbonyl (C=O) groups is 2. The van der Waals surface area contributed by atoms with Crippen molar-refractivity contribution in [1.82, 2.24) is 10.2 Å². The number of hydrogen-bond donors (Lipinski definition) is 3. The summed E-state index contributed by atoms with van der Waals surface area (Å²) >= 11 is 0. The molecule has 1 atom stereocenters. The molecular formula is C24H31BN2O4. The van der Waals surface area contributed by atoms with Crippen LogP contribution in [-0.4, -0.2) is 39.9 Å². The fourth-order valence-corrected chi connectivity index (χ4v) is 4.16. The lowest BCUT2D eigenvalue weighted by molar-refractivity contribution is -0.141. The number of amides is 2. The molecule has 1 saturated carbocycles. The molecule has 3 N–H and O–H groups in total. The van der Waals surface area contributed by atoms with Crippen molar-refractivity contribution in [3.8, 4) is 0 Å². The molecule has 1 aliphatic carbocycles. The zero-order valence-corrected chi connectivity index (χ0v) is 18.0. The molecule has 1 fully saturated rings. The zero-order valence-electron chi connectivity index (χ0n) is 18.0. The van der Waals surface area contributed by atoms with Crippen LogP contribution < -0.4 is 10.8 Å². The summed E-state index contributed by atoms with van der Waals surface area (Å²) in [6, 6.07) is 15.5. The highest BCUT2D eigenvalue weighted by molar-refractivity contribution is 6.58. The van der Waals surface area contributed by atoms with Crippen LogP contribution in [0.1, 0.15) is 62.6 Å². The van der Waals surface area contributed by atoms with Crippen LogP contribution in [-0.2, 0) is 16.1 Å². The summed E-state index contributed by atoms with van der Waals surface area (Å²) in [6.07, 6.45) is 5.58. The Morgan fingerprint density at radius 1 is 1.03 bits per heavy atom. The Morgan fingerprint density at radius 2 is 1.68 bits per heavy atom. The average Bonchev–Trinajstić information content (AvgIpc) is 2.79. The van der Waals surface area contributed by atoms with Crippen LogP contribution in [0.4, 0.5) is 0 Å². The third-order valence-corrected chi connectivity index (χ3v) is 5.88. The second kappa shape index (κ2) is 11.1. The Hall–Kier alpha value is -2.64. The number of benzene rings is 2. The maximum absolute atomic E-state index is 13.5. The number of rotatable bonds is 8. The first-order valence-corrected chi connectivity index (χ1v) is 11.1. The van der Waals surface area contributed by atoms with Gasteiger partial charge < -0.3 is 20.3 Å². The van der Waals surface area contributed by atoms with Crippen molar-refractivity contribution in [2.24, 2.45) is 0 Å². The minimum absolute atomic E-state index is 0.112. The van der Waals surface area contributed by atoms with Gasteiger partial charge in [-0.2, -0.15) is 0 Å². The van der Waals surface area contributed by atoms with Gasteiger partial charge in [-0.1, -0.05) is 80.8 Å². The van der Waals surface area contributed by atoms with Crippen LogP contribution in [0, 0.1) is 0 Å². The molecule has 2 aromatic carbocycles. The summed E-state index contributed by atoms with van der Waals surface area (Å²) in [5, 5.41) is 22.0. The van der Waals surface area contributed by atoms with Crippen molar-refractivity contribution < 1.29 is 19.6 Å². The minimum atomic E-state index is -1.58. The van der Waals surface area contributed by atoms with Gasteiger partial charge >= 0.3 is 7.12 Å². The molecule has 1 aliphatic rings. The van der Waals surface area contributed by atoms with Gasteiger partial charge in [-0.3, -0.25) is 9.59 Å². The largest absolute Gasteiger partial charge is 0.488 e. The van der Waals surface area contributed by atoms with E-state index in [-0.39, 0.29) is 24.3 Å². The zero-order chi connectivity index (χ0) is 22.2. The highest BCUT2D eigenvalue weighted by Crippen LogP contribution is 2.26. The Kier molecular flexibility index (Phi) is 8.26. The molecule has 7 heteroatoms. The number of nitrogens with one attached hydrogen (secondary N) is 1. The van der Waals surface area contributed by atoms with Crippen LogP contribution in [0.3, 0.4) is 0 Å². The van der Waals surface area contributed by atoms with Crippen LogP contribution >= 0.6 is 0 Å². The second-order valence-corrected chi connectivity index (χ2v) is 8.15. The van der Waals surface area contributed by atoms with E-state index in [4.69, 9.17) is 0 Å². The molecule has 164 valence electrons. The molecule has 0 aromatic heterocycles. The van der Waals surface area contributed by atoms with Crippen LogP contribution in [0.25, 0.3) is 0 Å². The molecule has 1 unspecified atom stereocenters. The molecule has 31 heavy (non-hydrogen) atoms. The monoisotopic (exact) mass is 422 g/mol. The van der Waals surface area contributed by atoms with E-state index in [1.54, 1.807) is 36.1 Å². The van der Waals surface area contributed by atoms with Crippen molar-refractivity contribution in [2.75, 3.05) is 0 Å². The van der Waals surface area contributed by atoms with Gasteiger partial charge in [-0.05, 0) is 29.4 Å². The molecule has 0 heterocycles. The summed E-state index contributed by atoms with van der Waals surface area (Å²) in [5.74, 6) is -0.305. The highest BCUT2D eigenvalue weighted by Gasteiger charge is 2.32. The Bertz CT molecular complexity index is 852. The Balaban J connectivity index is 1.94. The minimum Gasteiger partial charge on any atom is -0.423 e. The van der Waals surface area contributed by atoms with E-state index in [0.29, 0.717) is 17.6 Å². The van der Waals surface area contributed by atoms with Crippen molar-refractivity contribution in [3.63, 3.8) is 0 Å². The van der Waals surface area contributed by atoms with Gasteiger partial charge in [-0.25, -0.2) is 0 Å². The van der Waals surface area contributed by atoms with Gasteiger partial charge in [0.25, 0.3) is 0 Å². The summed E-state index contributed by atoms with van der Waals surface area (Å²) in [6.45, 7) is 2.11. The predicted octanol–water partition coefficient (Wildman–Crippen LogP) is 2.30. The highest BCUT2D eigenvalue weighted by atomic mass is 16.4. The lowest BCUT2D eigenvalue weighted by Gasteiger charge is -2.33. The van der Waals surface area contributed by atoms with E-state index < -0.39 is 13.2 Å². The molecule has 0 bridgehead atoms. The average molecular weight is 422 g/mol. The first-order valence-electron chi connectivity index (χ1n) is 11.1. The topological polar surface area (TPSA) is 89.9 Å². The third kappa shape index (κ3) is 6.18.